The Kier molecular flexibility index (Phi) is 8.07. The second-order valence-electron chi connectivity index (χ2n) is 3.70. The summed E-state index contributed by atoms with van der Waals surface area (Å²) < 4.78 is 15.7. The van der Waals surface area contributed by atoms with Crippen molar-refractivity contribution in [2.75, 3.05) is 39.0 Å². The Bertz CT molecular complexity index is 323. The van der Waals surface area contributed by atoms with Gasteiger partial charge in [-0.05, 0) is 24.1 Å². The molecule has 0 radical (unpaired) electrons. The van der Waals surface area contributed by atoms with Gasteiger partial charge in [0.1, 0.15) is 5.82 Å². The van der Waals surface area contributed by atoms with E-state index in [1.807, 2.05) is 12.1 Å². The smallest absolute Gasteiger partial charge is 0.140 e. The van der Waals surface area contributed by atoms with Gasteiger partial charge in [-0.25, -0.2) is 10.8 Å². The summed E-state index contributed by atoms with van der Waals surface area (Å²) in [7, 11) is 1.66. The number of nitrogens with zero attached hydrogens (tertiary/aromatic N) is 1. The Morgan fingerprint density at radius 1 is 1.22 bits per heavy atom. The molecular weight excluding hydrogens is 234 g/mol. The van der Waals surface area contributed by atoms with Crippen LogP contribution in [-0.4, -0.2) is 38.5 Å². The van der Waals surface area contributed by atoms with Crippen LogP contribution in [0, 0.1) is 0 Å². The lowest BCUT2D eigenvalue weighted by molar-refractivity contribution is 0.0483. The summed E-state index contributed by atoms with van der Waals surface area (Å²) in [5.41, 5.74) is 3.54. The highest BCUT2D eigenvalue weighted by molar-refractivity contribution is 5.35. The second kappa shape index (κ2) is 9.78. The maximum Gasteiger partial charge on any atom is 0.140 e. The molecule has 0 aliphatic rings. The Morgan fingerprint density at radius 2 is 2.06 bits per heavy atom. The van der Waals surface area contributed by atoms with Crippen molar-refractivity contribution in [2.24, 2.45) is 5.84 Å². The van der Waals surface area contributed by atoms with Gasteiger partial charge in [0.05, 0.1) is 19.8 Å². The highest BCUT2D eigenvalue weighted by Gasteiger charge is 1.96. The van der Waals surface area contributed by atoms with Crippen LogP contribution in [0.25, 0.3) is 0 Å². The zero-order valence-corrected chi connectivity index (χ0v) is 10.7. The molecule has 1 rings (SSSR count). The van der Waals surface area contributed by atoms with Crippen molar-refractivity contribution in [3.05, 3.63) is 23.9 Å². The molecule has 0 unspecified atom stereocenters. The summed E-state index contributed by atoms with van der Waals surface area (Å²) in [5.74, 6) is 5.91. The number of nitrogen functional groups attached to an aromatic ring is 1. The molecule has 0 fully saturated rings. The van der Waals surface area contributed by atoms with Crippen LogP contribution in [-0.2, 0) is 20.8 Å². The zero-order chi connectivity index (χ0) is 13.1. The first-order chi connectivity index (χ1) is 8.86. The van der Waals surface area contributed by atoms with Crippen LogP contribution >= 0.6 is 0 Å². The third-order valence-corrected chi connectivity index (χ3v) is 2.25. The van der Waals surface area contributed by atoms with E-state index in [-0.39, 0.29) is 0 Å². The third-order valence-electron chi connectivity index (χ3n) is 2.25. The molecular formula is C12H21N3O3. The van der Waals surface area contributed by atoms with E-state index in [0.717, 1.165) is 12.0 Å². The molecule has 3 N–H and O–H groups in total. The molecule has 0 amide bonds. The maximum atomic E-state index is 5.52. The second-order valence-corrected chi connectivity index (χ2v) is 3.70. The molecule has 0 aliphatic carbocycles. The molecule has 0 saturated heterocycles. The molecule has 1 aromatic heterocycles. The molecule has 6 nitrogen and oxygen atoms in total. The van der Waals surface area contributed by atoms with Crippen LogP contribution < -0.4 is 11.3 Å². The SMILES string of the molecule is COCCOCCCOCc1ccnc(NN)c1. The van der Waals surface area contributed by atoms with Gasteiger partial charge in [-0.1, -0.05) is 0 Å². The molecule has 0 bridgehead atoms. The third kappa shape index (κ3) is 6.51. The quantitative estimate of drug-likeness (QED) is 0.368. The molecule has 102 valence electrons. The average Bonchev–Trinajstić information content (AvgIpc) is 2.42. The number of nitrogens with one attached hydrogen (secondary N) is 1. The summed E-state index contributed by atoms with van der Waals surface area (Å²) >= 11 is 0. The normalized spacial score (nSPS) is 10.6. The highest BCUT2D eigenvalue weighted by atomic mass is 16.5. The number of anilines is 1. The van der Waals surface area contributed by atoms with Crippen LogP contribution in [0.4, 0.5) is 5.82 Å². The van der Waals surface area contributed by atoms with Gasteiger partial charge < -0.3 is 19.6 Å². The summed E-state index contributed by atoms with van der Waals surface area (Å²) in [4.78, 5) is 4.02. The van der Waals surface area contributed by atoms with Gasteiger partial charge in [0.2, 0.25) is 0 Å². The van der Waals surface area contributed by atoms with Gasteiger partial charge >= 0.3 is 0 Å². The molecule has 6 heteroatoms. The molecule has 1 heterocycles. The fourth-order valence-electron chi connectivity index (χ4n) is 1.34. The molecule has 1 aromatic rings. The summed E-state index contributed by atoms with van der Waals surface area (Å²) in [6.45, 7) is 3.17. The Hall–Kier alpha value is -1.21. The molecule has 18 heavy (non-hydrogen) atoms. The fourth-order valence-corrected chi connectivity index (χ4v) is 1.34. The van der Waals surface area contributed by atoms with Crippen molar-refractivity contribution in [3.8, 4) is 0 Å². The van der Waals surface area contributed by atoms with Gasteiger partial charge in [0.15, 0.2) is 0 Å². The molecule has 0 spiro atoms. The van der Waals surface area contributed by atoms with E-state index in [1.165, 1.54) is 0 Å². The monoisotopic (exact) mass is 255 g/mol. The molecule has 0 saturated carbocycles. The lowest BCUT2D eigenvalue weighted by Gasteiger charge is -2.06. The number of rotatable bonds is 10. The van der Waals surface area contributed by atoms with Crippen molar-refractivity contribution >= 4 is 5.82 Å². The largest absolute Gasteiger partial charge is 0.382 e. The minimum atomic E-state index is 0.551. The van der Waals surface area contributed by atoms with Crippen molar-refractivity contribution in [3.63, 3.8) is 0 Å². The van der Waals surface area contributed by atoms with E-state index >= 15 is 0 Å². The Labute approximate surface area is 107 Å². The predicted molar refractivity (Wildman–Crippen MR) is 69.0 cm³/mol. The van der Waals surface area contributed by atoms with E-state index in [1.54, 1.807) is 13.3 Å². The Balaban J connectivity index is 2.03. The van der Waals surface area contributed by atoms with E-state index in [2.05, 4.69) is 10.4 Å². The van der Waals surface area contributed by atoms with Crippen molar-refractivity contribution in [2.45, 2.75) is 13.0 Å². The number of hydrogen-bond acceptors (Lipinski definition) is 6. The summed E-state index contributed by atoms with van der Waals surface area (Å²) in [6, 6.07) is 3.75. The summed E-state index contributed by atoms with van der Waals surface area (Å²) in [5, 5.41) is 0. The van der Waals surface area contributed by atoms with Crippen LogP contribution in [0.2, 0.25) is 0 Å². The van der Waals surface area contributed by atoms with Gasteiger partial charge in [0, 0.05) is 26.5 Å². The van der Waals surface area contributed by atoms with E-state index in [9.17, 15) is 0 Å². The van der Waals surface area contributed by atoms with Crippen molar-refractivity contribution < 1.29 is 14.2 Å². The van der Waals surface area contributed by atoms with E-state index < -0.39 is 0 Å². The van der Waals surface area contributed by atoms with Gasteiger partial charge in [0.25, 0.3) is 0 Å². The Morgan fingerprint density at radius 3 is 2.83 bits per heavy atom. The topological polar surface area (TPSA) is 78.6 Å². The van der Waals surface area contributed by atoms with E-state index in [4.69, 9.17) is 20.1 Å². The van der Waals surface area contributed by atoms with Crippen LogP contribution in [0.5, 0.6) is 0 Å². The number of ether oxygens (including phenoxy) is 3. The molecule has 0 aromatic carbocycles. The predicted octanol–water partition coefficient (Wildman–Crippen LogP) is 0.937. The van der Waals surface area contributed by atoms with Crippen LogP contribution in [0.1, 0.15) is 12.0 Å². The number of methoxy groups -OCH3 is 1. The average molecular weight is 255 g/mol. The fraction of sp³-hybridized carbons (Fsp3) is 0.583. The molecule has 0 aliphatic heterocycles. The first-order valence-corrected chi connectivity index (χ1v) is 5.93. The van der Waals surface area contributed by atoms with Crippen molar-refractivity contribution in [1.82, 2.24) is 4.98 Å². The van der Waals surface area contributed by atoms with Crippen LogP contribution in [0.15, 0.2) is 18.3 Å². The lowest BCUT2D eigenvalue weighted by Crippen LogP contribution is -2.09. The van der Waals surface area contributed by atoms with Crippen molar-refractivity contribution in [1.29, 1.82) is 0 Å². The van der Waals surface area contributed by atoms with Gasteiger partial charge in [-0.2, -0.15) is 0 Å². The minimum Gasteiger partial charge on any atom is -0.382 e. The number of hydrogen-bond donors (Lipinski definition) is 2. The first kappa shape index (κ1) is 14.8. The van der Waals surface area contributed by atoms with Gasteiger partial charge in [-0.3, -0.25) is 0 Å². The summed E-state index contributed by atoms with van der Waals surface area (Å²) in [6.07, 6.45) is 2.57. The zero-order valence-electron chi connectivity index (χ0n) is 10.7. The van der Waals surface area contributed by atoms with Crippen LogP contribution in [0.3, 0.4) is 0 Å². The first-order valence-electron chi connectivity index (χ1n) is 5.93. The molecule has 0 atom stereocenters. The number of pyridine rings is 1. The minimum absolute atomic E-state index is 0.551. The lowest BCUT2D eigenvalue weighted by atomic mass is 10.3. The maximum absolute atomic E-state index is 5.52. The highest BCUT2D eigenvalue weighted by Crippen LogP contribution is 2.06. The van der Waals surface area contributed by atoms with E-state index in [0.29, 0.717) is 38.9 Å². The number of aromatic nitrogens is 1. The number of nitrogens with two attached hydrogens (primary N) is 1. The number of hydrazine groups is 1. The van der Waals surface area contributed by atoms with Gasteiger partial charge in [-0.15, -0.1) is 0 Å². The standard InChI is InChI=1S/C12H21N3O3/c1-16-7-8-17-5-2-6-18-10-11-3-4-14-12(9-11)15-13/h3-4,9H,2,5-8,10,13H2,1H3,(H,14,15).